The molecule has 0 radical (unpaired) electrons. The molecule has 0 N–H and O–H groups in total. The summed E-state index contributed by atoms with van der Waals surface area (Å²) in [5, 5.41) is 0.0345. The molecule has 1 heterocycles. The predicted molar refractivity (Wildman–Crippen MR) is 94.5 cm³/mol. The summed E-state index contributed by atoms with van der Waals surface area (Å²) in [6.07, 6.45) is 0. The van der Waals surface area contributed by atoms with E-state index in [2.05, 4.69) is 4.90 Å². The predicted octanol–water partition coefficient (Wildman–Crippen LogP) is 3.88. The normalized spacial score (nSPS) is 22.3. The Labute approximate surface area is 146 Å². The highest BCUT2D eigenvalue weighted by Gasteiger charge is 2.41. The van der Waals surface area contributed by atoms with Crippen molar-refractivity contribution in [3.8, 4) is 0 Å². The lowest BCUT2D eigenvalue weighted by Gasteiger charge is -2.16. The van der Waals surface area contributed by atoms with Crippen molar-refractivity contribution in [3.05, 3.63) is 70.7 Å². The molecule has 122 valence electrons. The minimum atomic E-state index is -3.64. The van der Waals surface area contributed by atoms with Crippen molar-refractivity contribution in [1.82, 2.24) is 4.90 Å². The molecule has 3 nitrogen and oxygen atoms in total. The van der Waals surface area contributed by atoms with Crippen molar-refractivity contribution in [2.75, 3.05) is 13.1 Å². The Morgan fingerprint density at radius 1 is 1.00 bits per heavy atom. The first-order chi connectivity index (χ1) is 10.9. The Balaban J connectivity index is 1.84. The number of halogens is 2. The first-order valence-electron chi connectivity index (χ1n) is 7.39. The minimum absolute atomic E-state index is 0.140. The third-order valence-corrected chi connectivity index (χ3v) is 6.39. The molecule has 1 aliphatic rings. The van der Waals surface area contributed by atoms with Crippen LogP contribution in [0.1, 0.15) is 17.0 Å². The average Bonchev–Trinajstić information content (AvgIpc) is 2.93. The van der Waals surface area contributed by atoms with E-state index in [1.165, 1.54) is 0 Å². The maximum atomic E-state index is 12.0. The first-order valence-corrected chi connectivity index (χ1v) is 10.1. The molecule has 0 aliphatic carbocycles. The monoisotopic (exact) mass is 369 g/mol. The van der Waals surface area contributed by atoms with Gasteiger partial charge in [-0.2, -0.15) is 0 Å². The van der Waals surface area contributed by atoms with Crippen molar-refractivity contribution in [1.29, 1.82) is 0 Å². The maximum absolute atomic E-state index is 12.0. The van der Waals surface area contributed by atoms with Gasteiger partial charge >= 0.3 is 0 Å². The molecule has 2 aromatic rings. The van der Waals surface area contributed by atoms with Crippen LogP contribution in [0.3, 0.4) is 0 Å². The summed E-state index contributed by atoms with van der Waals surface area (Å²) < 4.78 is 24.0. The molecule has 2 atom stereocenters. The van der Waals surface area contributed by atoms with E-state index in [1.54, 1.807) is 12.1 Å². The molecular weight excluding hydrogens is 353 g/mol. The quantitative estimate of drug-likeness (QED) is 0.767. The summed E-state index contributed by atoms with van der Waals surface area (Å²) in [6, 6.07) is 17.4. The van der Waals surface area contributed by atoms with Gasteiger partial charge in [0.25, 0.3) is 0 Å². The van der Waals surface area contributed by atoms with Crippen LogP contribution < -0.4 is 0 Å². The summed E-state index contributed by atoms with van der Waals surface area (Å²) in [5.41, 5.74) is 2.12. The molecule has 0 spiro atoms. The second kappa shape index (κ2) is 6.81. The van der Waals surface area contributed by atoms with Crippen LogP contribution in [0.2, 0.25) is 5.02 Å². The highest BCUT2D eigenvalue weighted by molar-refractivity contribution is 8.14. The van der Waals surface area contributed by atoms with Crippen LogP contribution in [0, 0.1) is 0 Å². The SMILES string of the molecule is O=S(=O)(Cl)[C@@H]1CN(Cc2ccccc2)C[C@H]1c1ccc(Cl)cc1. The Kier molecular flexibility index (Phi) is 4.97. The second-order valence-corrected chi connectivity index (χ2v) is 9.14. The summed E-state index contributed by atoms with van der Waals surface area (Å²) in [4.78, 5) is 2.14. The lowest BCUT2D eigenvalue weighted by Crippen LogP contribution is -2.25. The van der Waals surface area contributed by atoms with Crippen LogP contribution in [-0.2, 0) is 15.6 Å². The van der Waals surface area contributed by atoms with Gasteiger partial charge < -0.3 is 0 Å². The van der Waals surface area contributed by atoms with Gasteiger partial charge in [-0.1, -0.05) is 54.1 Å². The van der Waals surface area contributed by atoms with Gasteiger partial charge in [0.05, 0.1) is 5.25 Å². The molecule has 3 rings (SSSR count). The van der Waals surface area contributed by atoms with E-state index in [4.69, 9.17) is 22.3 Å². The molecule has 6 heteroatoms. The van der Waals surface area contributed by atoms with Crippen molar-refractivity contribution in [2.24, 2.45) is 0 Å². The molecule has 2 aromatic carbocycles. The van der Waals surface area contributed by atoms with Gasteiger partial charge in [0, 0.05) is 41.3 Å². The summed E-state index contributed by atoms with van der Waals surface area (Å²) in [6.45, 7) is 1.81. The first kappa shape index (κ1) is 16.8. The van der Waals surface area contributed by atoms with Crippen LogP contribution in [0.25, 0.3) is 0 Å². The fraction of sp³-hybridized carbons (Fsp3) is 0.294. The smallest absolute Gasteiger partial charge is 0.237 e. The van der Waals surface area contributed by atoms with E-state index in [0.717, 1.165) is 11.1 Å². The van der Waals surface area contributed by atoms with Crippen molar-refractivity contribution in [2.45, 2.75) is 17.7 Å². The fourth-order valence-corrected chi connectivity index (χ4v) is 4.83. The molecule has 0 amide bonds. The van der Waals surface area contributed by atoms with E-state index in [9.17, 15) is 8.42 Å². The fourth-order valence-electron chi connectivity index (χ4n) is 3.14. The van der Waals surface area contributed by atoms with Gasteiger partial charge in [0.15, 0.2) is 0 Å². The van der Waals surface area contributed by atoms with E-state index in [1.807, 2.05) is 42.5 Å². The van der Waals surface area contributed by atoms with Crippen molar-refractivity contribution >= 4 is 31.3 Å². The van der Waals surface area contributed by atoms with E-state index < -0.39 is 14.3 Å². The molecule has 1 aliphatic heterocycles. The van der Waals surface area contributed by atoms with E-state index in [0.29, 0.717) is 24.7 Å². The number of hydrogen-bond acceptors (Lipinski definition) is 3. The zero-order chi connectivity index (χ0) is 16.4. The molecule has 1 saturated heterocycles. The topological polar surface area (TPSA) is 37.4 Å². The molecule has 23 heavy (non-hydrogen) atoms. The zero-order valence-electron chi connectivity index (χ0n) is 12.4. The largest absolute Gasteiger partial charge is 0.297 e. The highest BCUT2D eigenvalue weighted by Crippen LogP contribution is 2.35. The lowest BCUT2D eigenvalue weighted by atomic mass is 9.98. The number of hydrogen-bond donors (Lipinski definition) is 0. The highest BCUT2D eigenvalue weighted by atomic mass is 35.7. The summed E-state index contributed by atoms with van der Waals surface area (Å²) in [5.74, 6) is -0.140. The van der Waals surface area contributed by atoms with Gasteiger partial charge in [0.1, 0.15) is 0 Å². The Bertz CT molecular complexity index is 763. The van der Waals surface area contributed by atoms with Gasteiger partial charge in [-0.05, 0) is 23.3 Å². The van der Waals surface area contributed by atoms with E-state index in [-0.39, 0.29) is 5.92 Å². The Morgan fingerprint density at radius 2 is 1.65 bits per heavy atom. The number of rotatable bonds is 4. The van der Waals surface area contributed by atoms with Gasteiger partial charge in [-0.25, -0.2) is 8.42 Å². The molecule has 0 aromatic heterocycles. The molecule has 0 bridgehead atoms. The third kappa shape index (κ3) is 4.07. The van der Waals surface area contributed by atoms with Gasteiger partial charge in [0.2, 0.25) is 9.05 Å². The molecule has 0 saturated carbocycles. The molecular formula is C17H17Cl2NO2S. The van der Waals surface area contributed by atoms with Crippen molar-refractivity contribution in [3.63, 3.8) is 0 Å². The van der Waals surface area contributed by atoms with Crippen LogP contribution in [0.15, 0.2) is 54.6 Å². The zero-order valence-corrected chi connectivity index (χ0v) is 14.7. The van der Waals surface area contributed by atoms with Gasteiger partial charge in [-0.3, -0.25) is 4.90 Å². The van der Waals surface area contributed by atoms with Crippen LogP contribution >= 0.6 is 22.3 Å². The standard InChI is InChI=1S/C17H17Cl2NO2S/c18-15-8-6-14(7-9-15)16-11-20(12-17(16)23(19,21)22)10-13-4-2-1-3-5-13/h1-9,16-17H,10-12H2/t16-,17+/m0/s1. The van der Waals surface area contributed by atoms with Gasteiger partial charge in [-0.15, -0.1) is 0 Å². The van der Waals surface area contributed by atoms with Crippen LogP contribution in [0.5, 0.6) is 0 Å². The van der Waals surface area contributed by atoms with E-state index >= 15 is 0 Å². The average molecular weight is 370 g/mol. The molecule has 0 unspecified atom stereocenters. The maximum Gasteiger partial charge on any atom is 0.237 e. The van der Waals surface area contributed by atoms with Crippen molar-refractivity contribution < 1.29 is 8.42 Å². The third-order valence-electron chi connectivity index (χ3n) is 4.25. The summed E-state index contributed by atoms with van der Waals surface area (Å²) >= 11 is 5.93. The second-order valence-electron chi connectivity index (χ2n) is 5.85. The number of nitrogens with zero attached hydrogens (tertiary/aromatic N) is 1. The summed E-state index contributed by atoms with van der Waals surface area (Å²) in [7, 11) is 2.07. The van der Waals surface area contributed by atoms with Crippen LogP contribution in [0.4, 0.5) is 0 Å². The molecule has 1 fully saturated rings. The van der Waals surface area contributed by atoms with Crippen LogP contribution in [-0.4, -0.2) is 31.7 Å². The minimum Gasteiger partial charge on any atom is -0.297 e. The number of likely N-dealkylation sites (tertiary alicyclic amines) is 1. The lowest BCUT2D eigenvalue weighted by molar-refractivity contribution is 0.327. The Morgan fingerprint density at radius 3 is 2.26 bits per heavy atom. The number of benzene rings is 2. The Hall–Kier alpha value is -1.07.